The Morgan fingerprint density at radius 2 is 0.200 bits per heavy atom. The van der Waals surface area contributed by atoms with Gasteiger partial charge in [-0.2, -0.15) is 0 Å². The van der Waals surface area contributed by atoms with Crippen molar-refractivity contribution in [3.63, 3.8) is 0 Å². The van der Waals surface area contributed by atoms with E-state index in [1.807, 2.05) is 0 Å². The summed E-state index contributed by atoms with van der Waals surface area (Å²) in [7, 11) is 0. The molecule has 0 N–H and O–H groups in total. The fraction of sp³-hybridized carbons (Fsp3) is 0. The van der Waals surface area contributed by atoms with Crippen LogP contribution >= 0.6 is 0 Å². The van der Waals surface area contributed by atoms with Crippen LogP contribution in [0.1, 0.15) is 0 Å². The molecule has 0 aliphatic heterocycles. The molecule has 0 aliphatic rings. The minimum atomic E-state index is 0. The van der Waals surface area contributed by atoms with E-state index in [0.29, 0.717) is 0 Å². The maximum atomic E-state index is 0. The zero-order valence-corrected chi connectivity index (χ0v) is 36.4. The molecular weight excluding hydrogens is 1800 g/mol. The molecule has 0 heterocycles. The van der Waals surface area contributed by atoms with E-state index in [2.05, 4.69) is 0 Å². The Morgan fingerprint density at radius 1 is 0.200 bits per heavy atom. The largest absolute Gasteiger partial charge is 0 e. The molecule has 10 heavy (non-hydrogen) atoms. The van der Waals surface area contributed by atoms with E-state index in [9.17, 15) is 0 Å². The van der Waals surface area contributed by atoms with Crippen LogP contribution in [-0.2, 0) is 50.3 Å². The van der Waals surface area contributed by atoms with Gasteiger partial charge in [-0.25, -0.2) is 0 Å². The van der Waals surface area contributed by atoms with Gasteiger partial charge in [0.15, 0.2) is 0 Å². The summed E-state index contributed by atoms with van der Waals surface area (Å²) < 4.78 is 0. The van der Waals surface area contributed by atoms with Crippen molar-refractivity contribution in [3.8, 4) is 0 Å². The van der Waals surface area contributed by atoms with E-state index in [1.165, 1.54) is 0 Å². The Morgan fingerprint density at radius 3 is 0.200 bits per heavy atom. The van der Waals surface area contributed by atoms with E-state index < -0.39 is 0 Å². The van der Waals surface area contributed by atoms with Crippen molar-refractivity contribution in [2.24, 2.45) is 0 Å². The Balaban J connectivity index is 0. The maximum absolute atomic E-state index is 0. The normalized spacial score (nSPS) is 0. The molecule has 3 radical (unpaired) electrons. The van der Waals surface area contributed by atoms with Crippen LogP contribution < -0.4 is 0 Å². The monoisotopic (exact) mass is 1800 g/mol. The molecule has 0 unspecified atom stereocenters. The third kappa shape index (κ3) is 51.1. The van der Waals surface area contributed by atoms with Gasteiger partial charge in [-0.05, 0) is 0 Å². The van der Waals surface area contributed by atoms with E-state index in [-0.39, 0.29) is 330 Å². The van der Waals surface area contributed by atoms with Crippen LogP contribution in [0.3, 0.4) is 0 Å². The van der Waals surface area contributed by atoms with Crippen molar-refractivity contribution in [3.05, 3.63) is 0 Å². The standard InChI is InChI=1S/3Co.7Th. The van der Waals surface area contributed by atoms with Crippen LogP contribution in [0.5, 0.6) is 0 Å². The molecule has 55 valence electrons. The van der Waals surface area contributed by atoms with E-state index in [0.717, 1.165) is 0 Å². The van der Waals surface area contributed by atoms with Crippen molar-refractivity contribution in [1.82, 2.24) is 0 Å². The predicted molar refractivity (Wildman–Crippen MR) is 0 cm³/mol. The van der Waals surface area contributed by atoms with Gasteiger partial charge in [-0.3, -0.25) is 0 Å². The molecule has 10 heteroatoms. The van der Waals surface area contributed by atoms with Crippen LogP contribution in [0.25, 0.3) is 0 Å². The first-order chi connectivity index (χ1) is 0. The summed E-state index contributed by atoms with van der Waals surface area (Å²) in [6.45, 7) is 0. The van der Waals surface area contributed by atoms with E-state index in [4.69, 9.17) is 0 Å². The molecule has 0 nitrogen and oxygen atoms in total. The van der Waals surface area contributed by atoms with Gasteiger partial charge < -0.3 is 0 Å². The molecule has 0 fully saturated rings. The minimum absolute atomic E-state index is 0. The van der Waals surface area contributed by atoms with Crippen LogP contribution in [0.4, 0.5) is 0 Å². The molecule has 0 aromatic carbocycles. The van der Waals surface area contributed by atoms with Crippen LogP contribution in [-0.4, -0.2) is 0 Å². The summed E-state index contributed by atoms with van der Waals surface area (Å²) >= 11 is 0. The molecule has 0 atom stereocenters. The molecule has 0 aromatic heterocycles. The fourth-order valence-electron chi connectivity index (χ4n) is 0. The molecule has 0 aliphatic carbocycles. The smallest absolute Gasteiger partial charge is 0 e. The average molecular weight is 1800 g/mol. The van der Waals surface area contributed by atoms with Crippen molar-refractivity contribution in [1.29, 1.82) is 0 Å². The van der Waals surface area contributed by atoms with Gasteiger partial charge in [0, 0.05) is 330 Å². The van der Waals surface area contributed by atoms with Crippen molar-refractivity contribution in [2.45, 2.75) is 0 Å². The summed E-state index contributed by atoms with van der Waals surface area (Å²) in [6, 6.07) is 0. The topological polar surface area (TPSA) is 0 Å². The van der Waals surface area contributed by atoms with Gasteiger partial charge in [0.05, 0.1) is 0 Å². The second kappa shape index (κ2) is 60.0. The first-order valence-corrected chi connectivity index (χ1v) is 0. The van der Waals surface area contributed by atoms with Crippen molar-refractivity contribution < 1.29 is 330 Å². The Hall–Kier alpha value is 10.8. The first kappa shape index (κ1) is 69.9. The molecule has 0 saturated heterocycles. The van der Waals surface area contributed by atoms with Crippen LogP contribution in [0.15, 0.2) is 0 Å². The van der Waals surface area contributed by atoms with Crippen molar-refractivity contribution in [2.75, 3.05) is 0 Å². The zero-order chi connectivity index (χ0) is 0. The molecule has 0 saturated carbocycles. The van der Waals surface area contributed by atoms with Gasteiger partial charge in [0.2, 0.25) is 0 Å². The van der Waals surface area contributed by atoms with Gasteiger partial charge in [-0.15, -0.1) is 0 Å². The van der Waals surface area contributed by atoms with Gasteiger partial charge in [0.1, 0.15) is 0 Å². The Kier molecular flexibility index (Phi) is 420. The van der Waals surface area contributed by atoms with Crippen molar-refractivity contribution >= 4 is 0 Å². The minimum Gasteiger partial charge on any atom is 0 e. The van der Waals surface area contributed by atoms with Gasteiger partial charge in [0.25, 0.3) is 0 Å². The predicted octanol–water partition coefficient (Wildman–Crippen LogP) is -0.00750. The van der Waals surface area contributed by atoms with E-state index in [1.54, 1.807) is 0 Å². The summed E-state index contributed by atoms with van der Waals surface area (Å²) in [6.07, 6.45) is 0. The Labute approximate surface area is 318 Å². The molecular formula is Co3Th7. The molecule has 0 aromatic rings. The van der Waals surface area contributed by atoms with Crippen LogP contribution in [0.2, 0.25) is 0 Å². The second-order valence-electron chi connectivity index (χ2n) is 0. The quantitative estimate of drug-likeness (QED) is 0.321. The maximum Gasteiger partial charge on any atom is 0 e. The summed E-state index contributed by atoms with van der Waals surface area (Å²) in [5.41, 5.74) is 0. The van der Waals surface area contributed by atoms with Gasteiger partial charge >= 0.3 is 0 Å². The summed E-state index contributed by atoms with van der Waals surface area (Å²) in [4.78, 5) is 0. The number of hydrogen-bond donors (Lipinski definition) is 0. The van der Waals surface area contributed by atoms with Gasteiger partial charge in [-0.1, -0.05) is 0 Å². The SMILES string of the molecule is [Co].[Co].[Co].[Th].[Th].[Th].[Th].[Th].[Th].[Th]. The average Bonchev–Trinajstić information content (AvgIpc) is 0. The number of rotatable bonds is 0. The fourth-order valence-corrected chi connectivity index (χ4v) is 0. The summed E-state index contributed by atoms with van der Waals surface area (Å²) in [5, 5.41) is 0. The zero-order valence-electron chi connectivity index (χ0n) is 4.50. The van der Waals surface area contributed by atoms with E-state index >= 15 is 0 Å². The number of hydrogen-bond acceptors (Lipinski definition) is 0. The third-order valence-corrected chi connectivity index (χ3v) is 0. The Bertz CT molecular complexity index is 8.81. The molecule has 0 amide bonds. The molecule has 0 spiro atoms. The second-order valence-corrected chi connectivity index (χ2v) is 0. The van der Waals surface area contributed by atoms with Crippen LogP contribution in [0, 0.1) is 280 Å². The third-order valence-electron chi connectivity index (χ3n) is 0. The summed E-state index contributed by atoms with van der Waals surface area (Å²) in [5.74, 6) is 0. The molecule has 0 rings (SSSR count). The molecule has 0 bridgehead atoms. The first-order valence-electron chi connectivity index (χ1n) is 0.